The van der Waals surface area contributed by atoms with Gasteiger partial charge >= 0.3 is 5.97 Å². The molecule has 19 heavy (non-hydrogen) atoms. The lowest BCUT2D eigenvalue weighted by Gasteiger charge is -2.17. The molecule has 2 atom stereocenters. The van der Waals surface area contributed by atoms with Gasteiger partial charge in [0.05, 0.1) is 12.5 Å². The van der Waals surface area contributed by atoms with Crippen LogP contribution >= 0.6 is 0 Å². The third-order valence-corrected chi connectivity index (χ3v) is 3.14. The zero-order valence-corrected chi connectivity index (χ0v) is 11.2. The number of hydrogen-bond acceptors (Lipinski definition) is 3. The van der Waals surface area contributed by atoms with Crippen LogP contribution in [-0.2, 0) is 16.0 Å². The van der Waals surface area contributed by atoms with Crippen molar-refractivity contribution >= 4 is 17.6 Å². The third-order valence-electron chi connectivity index (χ3n) is 3.14. The minimum absolute atomic E-state index is 0.0272. The molecule has 4 N–H and O–H groups in total. The average Bonchev–Trinajstić information content (AvgIpc) is 2.38. The first-order valence-corrected chi connectivity index (χ1v) is 6.31. The lowest BCUT2D eigenvalue weighted by molar-refractivity contribution is -0.136. The number of carboxylic acids is 1. The Morgan fingerprint density at radius 2 is 1.89 bits per heavy atom. The fourth-order valence-corrected chi connectivity index (χ4v) is 1.62. The molecule has 1 aromatic rings. The fourth-order valence-electron chi connectivity index (χ4n) is 1.62. The van der Waals surface area contributed by atoms with Crippen LogP contribution in [0.1, 0.15) is 25.8 Å². The highest BCUT2D eigenvalue weighted by Gasteiger charge is 2.19. The van der Waals surface area contributed by atoms with E-state index in [4.69, 9.17) is 10.8 Å². The van der Waals surface area contributed by atoms with E-state index in [1.165, 1.54) is 0 Å². The maximum Gasteiger partial charge on any atom is 0.307 e. The summed E-state index contributed by atoms with van der Waals surface area (Å²) < 4.78 is 0. The zero-order valence-electron chi connectivity index (χ0n) is 11.2. The van der Waals surface area contributed by atoms with Gasteiger partial charge < -0.3 is 16.2 Å². The van der Waals surface area contributed by atoms with E-state index in [1.807, 2.05) is 13.8 Å². The van der Waals surface area contributed by atoms with Crippen LogP contribution in [0.2, 0.25) is 0 Å². The Morgan fingerprint density at radius 3 is 2.37 bits per heavy atom. The molecular weight excluding hydrogens is 244 g/mol. The molecule has 0 fully saturated rings. The van der Waals surface area contributed by atoms with E-state index < -0.39 is 12.0 Å². The number of carboxylic acid groups (broad SMARTS) is 1. The summed E-state index contributed by atoms with van der Waals surface area (Å²) in [5, 5.41) is 11.4. The van der Waals surface area contributed by atoms with Gasteiger partial charge in [-0.25, -0.2) is 0 Å². The molecule has 0 radical (unpaired) electrons. The summed E-state index contributed by atoms with van der Waals surface area (Å²) in [6.07, 6.45) is 0.812. The second kappa shape index (κ2) is 6.89. The number of aliphatic carboxylic acids is 1. The predicted octanol–water partition coefficient (Wildman–Crippen LogP) is 1.63. The summed E-state index contributed by atoms with van der Waals surface area (Å²) in [5.74, 6) is -0.984. The highest BCUT2D eigenvalue weighted by molar-refractivity contribution is 5.94. The Balaban J connectivity index is 2.62. The van der Waals surface area contributed by atoms with Crippen LogP contribution in [0.3, 0.4) is 0 Å². The van der Waals surface area contributed by atoms with Crippen molar-refractivity contribution in [2.75, 3.05) is 5.32 Å². The van der Waals surface area contributed by atoms with E-state index in [-0.39, 0.29) is 18.2 Å². The van der Waals surface area contributed by atoms with Gasteiger partial charge in [0.15, 0.2) is 0 Å². The van der Waals surface area contributed by atoms with Gasteiger partial charge in [0.2, 0.25) is 5.91 Å². The van der Waals surface area contributed by atoms with E-state index in [0.29, 0.717) is 11.3 Å². The first-order chi connectivity index (χ1) is 8.93. The van der Waals surface area contributed by atoms with Crippen LogP contribution in [-0.4, -0.2) is 23.0 Å². The topological polar surface area (TPSA) is 92.4 Å². The van der Waals surface area contributed by atoms with Crippen LogP contribution in [0.4, 0.5) is 5.69 Å². The Hall–Kier alpha value is -1.88. The molecule has 1 amide bonds. The quantitative estimate of drug-likeness (QED) is 0.728. The van der Waals surface area contributed by atoms with Gasteiger partial charge in [-0.1, -0.05) is 32.4 Å². The monoisotopic (exact) mass is 264 g/mol. The van der Waals surface area contributed by atoms with Crippen molar-refractivity contribution in [2.45, 2.75) is 32.7 Å². The molecule has 0 bridgehead atoms. The van der Waals surface area contributed by atoms with Crippen LogP contribution in [0.5, 0.6) is 0 Å². The Labute approximate surface area is 112 Å². The Bertz CT molecular complexity index is 443. The van der Waals surface area contributed by atoms with Gasteiger partial charge in [0.1, 0.15) is 0 Å². The number of anilines is 1. The van der Waals surface area contributed by atoms with E-state index in [9.17, 15) is 9.59 Å². The fraction of sp³-hybridized carbons (Fsp3) is 0.429. The molecular formula is C14H20N2O3. The standard InChI is InChI=1S/C14H20N2O3/c1-3-9(2)13(15)14(19)16-11-6-4-10(5-7-11)8-12(17)18/h4-7,9,13H,3,8,15H2,1-2H3,(H,16,19)(H,17,18)/t9-,13-/m0/s1. The minimum atomic E-state index is -0.879. The molecule has 0 saturated heterocycles. The smallest absolute Gasteiger partial charge is 0.307 e. The first kappa shape index (κ1) is 15.2. The van der Waals surface area contributed by atoms with Crippen molar-refractivity contribution < 1.29 is 14.7 Å². The summed E-state index contributed by atoms with van der Waals surface area (Å²) in [6, 6.07) is 6.18. The van der Waals surface area contributed by atoms with Crippen molar-refractivity contribution in [3.63, 3.8) is 0 Å². The number of carbonyl (C=O) groups is 2. The molecule has 0 spiro atoms. The van der Waals surface area contributed by atoms with Crippen molar-refractivity contribution in [3.8, 4) is 0 Å². The van der Waals surface area contributed by atoms with Crippen molar-refractivity contribution in [3.05, 3.63) is 29.8 Å². The van der Waals surface area contributed by atoms with Gasteiger partial charge in [-0.15, -0.1) is 0 Å². The summed E-state index contributed by atoms with van der Waals surface area (Å²) in [7, 11) is 0. The Morgan fingerprint density at radius 1 is 1.32 bits per heavy atom. The van der Waals surface area contributed by atoms with E-state index in [0.717, 1.165) is 6.42 Å². The highest BCUT2D eigenvalue weighted by Crippen LogP contribution is 2.12. The molecule has 104 valence electrons. The maximum atomic E-state index is 11.8. The van der Waals surface area contributed by atoms with Gasteiger partial charge in [0.25, 0.3) is 0 Å². The second-order valence-electron chi connectivity index (χ2n) is 4.67. The number of nitrogens with two attached hydrogens (primary N) is 1. The van der Waals surface area contributed by atoms with Gasteiger partial charge in [-0.3, -0.25) is 9.59 Å². The molecule has 5 heteroatoms. The van der Waals surface area contributed by atoms with Crippen molar-refractivity contribution in [1.29, 1.82) is 0 Å². The van der Waals surface area contributed by atoms with Gasteiger partial charge in [-0.2, -0.15) is 0 Å². The molecule has 0 aromatic heterocycles. The lowest BCUT2D eigenvalue weighted by atomic mass is 9.99. The molecule has 0 aliphatic heterocycles. The third kappa shape index (κ3) is 4.71. The number of benzene rings is 1. The zero-order chi connectivity index (χ0) is 14.4. The van der Waals surface area contributed by atoms with Gasteiger partial charge in [0, 0.05) is 5.69 Å². The first-order valence-electron chi connectivity index (χ1n) is 6.31. The van der Waals surface area contributed by atoms with E-state index in [2.05, 4.69) is 5.32 Å². The average molecular weight is 264 g/mol. The van der Waals surface area contributed by atoms with Crippen LogP contribution in [0.15, 0.2) is 24.3 Å². The number of hydrogen-bond donors (Lipinski definition) is 3. The maximum absolute atomic E-state index is 11.8. The van der Waals surface area contributed by atoms with Crippen molar-refractivity contribution in [1.82, 2.24) is 0 Å². The van der Waals surface area contributed by atoms with Crippen LogP contribution in [0.25, 0.3) is 0 Å². The van der Waals surface area contributed by atoms with E-state index >= 15 is 0 Å². The molecule has 0 heterocycles. The van der Waals surface area contributed by atoms with Gasteiger partial charge in [-0.05, 0) is 23.6 Å². The lowest BCUT2D eigenvalue weighted by Crippen LogP contribution is -2.40. The number of carbonyl (C=O) groups excluding carboxylic acids is 1. The summed E-state index contributed by atoms with van der Waals surface area (Å²) in [6.45, 7) is 3.92. The normalized spacial score (nSPS) is 13.6. The predicted molar refractivity (Wildman–Crippen MR) is 73.8 cm³/mol. The molecule has 1 aromatic carbocycles. The second-order valence-corrected chi connectivity index (χ2v) is 4.67. The van der Waals surface area contributed by atoms with E-state index in [1.54, 1.807) is 24.3 Å². The Kier molecular flexibility index (Phi) is 5.51. The summed E-state index contributed by atoms with van der Waals surface area (Å²) >= 11 is 0. The van der Waals surface area contributed by atoms with Crippen molar-refractivity contribution in [2.24, 2.45) is 11.7 Å². The number of rotatable bonds is 6. The van der Waals surface area contributed by atoms with Crippen LogP contribution in [0, 0.1) is 5.92 Å². The molecule has 0 saturated carbocycles. The molecule has 0 aliphatic carbocycles. The minimum Gasteiger partial charge on any atom is -0.481 e. The largest absolute Gasteiger partial charge is 0.481 e. The highest BCUT2D eigenvalue weighted by atomic mass is 16.4. The molecule has 1 rings (SSSR count). The molecule has 0 unspecified atom stereocenters. The van der Waals surface area contributed by atoms with Crippen LogP contribution < -0.4 is 11.1 Å². The SMILES string of the molecule is CC[C@H](C)[C@H](N)C(=O)Nc1ccc(CC(=O)O)cc1. The number of nitrogens with one attached hydrogen (secondary N) is 1. The molecule has 0 aliphatic rings. The summed E-state index contributed by atoms with van der Waals surface area (Å²) in [4.78, 5) is 22.4. The summed E-state index contributed by atoms with van der Waals surface area (Å²) in [5.41, 5.74) is 7.14. The molecule has 5 nitrogen and oxygen atoms in total. The number of amides is 1.